The molecule has 0 saturated heterocycles. The van der Waals surface area contributed by atoms with E-state index < -0.39 is 0 Å². The van der Waals surface area contributed by atoms with Crippen LogP contribution in [-0.4, -0.2) is 18.2 Å². The first-order chi connectivity index (χ1) is 16.8. The second-order valence-electron chi connectivity index (χ2n) is 9.99. The third-order valence-electron chi connectivity index (χ3n) is 6.64. The van der Waals surface area contributed by atoms with Crippen LogP contribution in [0.1, 0.15) is 61.1 Å². The van der Waals surface area contributed by atoms with Gasteiger partial charge < -0.3 is 15.4 Å². The summed E-state index contributed by atoms with van der Waals surface area (Å²) in [5, 5.41) is 7.14. The molecule has 35 heavy (non-hydrogen) atoms. The predicted molar refractivity (Wildman–Crippen MR) is 139 cm³/mol. The second kappa shape index (κ2) is 9.06. The smallest absolute Gasteiger partial charge is 0.193 e. The lowest BCUT2D eigenvalue weighted by Crippen LogP contribution is -2.31. The highest BCUT2D eigenvalue weighted by Gasteiger charge is 2.38. The third kappa shape index (κ3) is 4.59. The zero-order chi connectivity index (χ0) is 24.6. The molecule has 178 valence electrons. The number of rotatable bonds is 5. The molecular formula is C30H30N2O3. The quantitative estimate of drug-likeness (QED) is 0.418. The van der Waals surface area contributed by atoms with Crippen molar-refractivity contribution in [2.24, 2.45) is 5.41 Å². The number of ether oxygens (including phenoxy) is 1. The van der Waals surface area contributed by atoms with Crippen molar-refractivity contribution in [1.29, 1.82) is 0 Å². The first kappa shape index (κ1) is 22.9. The molecule has 1 aliphatic heterocycles. The number of ketones is 2. The van der Waals surface area contributed by atoms with Gasteiger partial charge in [0.05, 0.1) is 24.0 Å². The van der Waals surface area contributed by atoms with Crippen LogP contribution in [0.25, 0.3) is 0 Å². The van der Waals surface area contributed by atoms with Gasteiger partial charge in [0, 0.05) is 28.8 Å². The zero-order valence-corrected chi connectivity index (χ0v) is 20.4. The van der Waals surface area contributed by atoms with Crippen LogP contribution in [0.2, 0.25) is 0 Å². The molecule has 3 aromatic carbocycles. The average molecular weight is 467 g/mol. The lowest BCUT2D eigenvalue weighted by atomic mass is 9.73. The van der Waals surface area contributed by atoms with Gasteiger partial charge in [-0.05, 0) is 54.7 Å². The van der Waals surface area contributed by atoms with Gasteiger partial charge in [0.2, 0.25) is 0 Å². The predicted octanol–water partition coefficient (Wildman–Crippen LogP) is 6.54. The Balaban J connectivity index is 1.58. The van der Waals surface area contributed by atoms with Gasteiger partial charge in [-0.1, -0.05) is 56.3 Å². The van der Waals surface area contributed by atoms with Gasteiger partial charge in [0.15, 0.2) is 11.6 Å². The van der Waals surface area contributed by atoms with Crippen LogP contribution in [-0.2, 0) is 4.79 Å². The summed E-state index contributed by atoms with van der Waals surface area (Å²) < 4.78 is 5.61. The summed E-state index contributed by atoms with van der Waals surface area (Å²) in [6.07, 6.45) is 1.25. The van der Waals surface area contributed by atoms with Crippen LogP contribution in [0.5, 0.6) is 5.75 Å². The maximum absolute atomic E-state index is 13.4. The van der Waals surface area contributed by atoms with E-state index in [2.05, 4.69) is 24.5 Å². The minimum Gasteiger partial charge on any atom is -0.494 e. The maximum atomic E-state index is 13.4. The van der Waals surface area contributed by atoms with E-state index >= 15 is 0 Å². The molecule has 1 atom stereocenters. The minimum absolute atomic E-state index is 0.0308. The molecule has 5 rings (SSSR count). The van der Waals surface area contributed by atoms with Crippen LogP contribution in [0, 0.1) is 5.41 Å². The van der Waals surface area contributed by atoms with Crippen molar-refractivity contribution in [3.8, 4) is 5.75 Å². The SMILES string of the molecule is CCOc1ccc(C2Nc3ccc(C(=O)c4ccccc4)cc3NC3=C2C(=O)CC(C)(C)C3)cc1. The number of allylic oxidation sites excluding steroid dienone is 1. The molecule has 2 N–H and O–H groups in total. The van der Waals surface area contributed by atoms with Crippen LogP contribution in [0.4, 0.5) is 11.4 Å². The van der Waals surface area contributed by atoms with E-state index in [-0.39, 0.29) is 23.0 Å². The number of fused-ring (bicyclic) bond motifs is 1. The number of carbonyl (C=O) groups excluding carboxylic acids is 2. The van der Waals surface area contributed by atoms with E-state index in [4.69, 9.17) is 4.74 Å². The van der Waals surface area contributed by atoms with E-state index in [0.717, 1.165) is 40.4 Å². The summed E-state index contributed by atoms with van der Waals surface area (Å²) in [5.74, 6) is 0.915. The Labute approximate surface area is 206 Å². The van der Waals surface area contributed by atoms with Crippen molar-refractivity contribution < 1.29 is 14.3 Å². The molecule has 1 heterocycles. The highest BCUT2D eigenvalue weighted by Crippen LogP contribution is 2.45. The summed E-state index contributed by atoms with van der Waals surface area (Å²) in [5.41, 5.74) is 5.44. The fourth-order valence-electron chi connectivity index (χ4n) is 5.02. The van der Waals surface area contributed by atoms with Crippen molar-refractivity contribution in [2.75, 3.05) is 17.2 Å². The summed E-state index contributed by atoms with van der Waals surface area (Å²) in [4.78, 5) is 26.5. The Morgan fingerprint density at radius 1 is 0.943 bits per heavy atom. The standard InChI is InChI=1S/C30H30N2O3/c1-4-35-22-13-10-19(11-14-22)28-27-25(17-30(2,3)18-26(27)33)31-24-16-21(12-15-23(24)32-28)29(34)20-8-6-5-7-9-20/h5-16,28,31-32H,4,17-18H2,1-3H3. The molecule has 0 radical (unpaired) electrons. The summed E-state index contributed by atoms with van der Waals surface area (Å²) in [6.45, 7) is 6.80. The van der Waals surface area contributed by atoms with E-state index in [1.165, 1.54) is 0 Å². The van der Waals surface area contributed by atoms with Crippen molar-refractivity contribution in [3.05, 3.63) is 101 Å². The van der Waals surface area contributed by atoms with Crippen molar-refractivity contribution in [3.63, 3.8) is 0 Å². The molecular weight excluding hydrogens is 436 g/mol. The van der Waals surface area contributed by atoms with Gasteiger partial charge in [-0.25, -0.2) is 0 Å². The molecule has 1 aliphatic carbocycles. The Morgan fingerprint density at radius 3 is 2.40 bits per heavy atom. The van der Waals surface area contributed by atoms with Gasteiger partial charge >= 0.3 is 0 Å². The molecule has 0 aromatic heterocycles. The molecule has 5 heteroatoms. The molecule has 0 spiro atoms. The van der Waals surface area contributed by atoms with Crippen LogP contribution < -0.4 is 15.4 Å². The van der Waals surface area contributed by atoms with Gasteiger partial charge in [-0.2, -0.15) is 0 Å². The molecule has 2 aliphatic rings. The molecule has 0 fully saturated rings. The zero-order valence-electron chi connectivity index (χ0n) is 20.4. The number of hydrogen-bond donors (Lipinski definition) is 2. The lowest BCUT2D eigenvalue weighted by molar-refractivity contribution is -0.118. The second-order valence-corrected chi connectivity index (χ2v) is 9.99. The van der Waals surface area contributed by atoms with Crippen LogP contribution >= 0.6 is 0 Å². The van der Waals surface area contributed by atoms with Gasteiger partial charge in [0.25, 0.3) is 0 Å². The highest BCUT2D eigenvalue weighted by molar-refractivity contribution is 6.10. The lowest BCUT2D eigenvalue weighted by Gasteiger charge is -2.34. The number of benzene rings is 3. The monoisotopic (exact) mass is 466 g/mol. The van der Waals surface area contributed by atoms with E-state index in [9.17, 15) is 9.59 Å². The van der Waals surface area contributed by atoms with Crippen LogP contribution in [0.15, 0.2) is 84.1 Å². The topological polar surface area (TPSA) is 67.4 Å². The van der Waals surface area contributed by atoms with Crippen molar-refractivity contribution >= 4 is 22.9 Å². The van der Waals surface area contributed by atoms with Crippen molar-refractivity contribution in [2.45, 2.75) is 39.7 Å². The fraction of sp³-hybridized carbons (Fsp3) is 0.267. The van der Waals surface area contributed by atoms with Gasteiger partial charge in [-0.3, -0.25) is 9.59 Å². The number of nitrogens with one attached hydrogen (secondary N) is 2. The molecule has 3 aromatic rings. The average Bonchev–Trinajstić information content (AvgIpc) is 3.00. The molecule has 5 nitrogen and oxygen atoms in total. The highest BCUT2D eigenvalue weighted by atomic mass is 16.5. The first-order valence-corrected chi connectivity index (χ1v) is 12.1. The Hall–Kier alpha value is -3.86. The molecule has 0 saturated carbocycles. The van der Waals surface area contributed by atoms with E-state index in [1.54, 1.807) is 0 Å². The summed E-state index contributed by atoms with van der Waals surface area (Å²) in [7, 11) is 0. The number of Topliss-reactive ketones (excluding diaryl/α,β-unsaturated/α-hetero) is 1. The van der Waals surface area contributed by atoms with Gasteiger partial charge in [0.1, 0.15) is 5.75 Å². The third-order valence-corrected chi connectivity index (χ3v) is 6.64. The summed E-state index contributed by atoms with van der Waals surface area (Å²) >= 11 is 0. The Kier molecular flexibility index (Phi) is 5.93. The normalized spacial score (nSPS) is 18.5. The van der Waals surface area contributed by atoms with Crippen LogP contribution in [0.3, 0.4) is 0 Å². The Bertz CT molecular complexity index is 1310. The number of anilines is 2. The molecule has 0 amide bonds. The number of carbonyl (C=O) groups is 2. The number of hydrogen-bond acceptors (Lipinski definition) is 5. The van der Waals surface area contributed by atoms with Gasteiger partial charge in [-0.15, -0.1) is 0 Å². The fourth-order valence-corrected chi connectivity index (χ4v) is 5.02. The molecule has 1 unspecified atom stereocenters. The molecule has 0 bridgehead atoms. The maximum Gasteiger partial charge on any atom is 0.193 e. The summed E-state index contributed by atoms with van der Waals surface area (Å²) in [6, 6.07) is 22.5. The largest absolute Gasteiger partial charge is 0.494 e. The minimum atomic E-state index is -0.297. The first-order valence-electron chi connectivity index (χ1n) is 12.1. The van der Waals surface area contributed by atoms with Crippen molar-refractivity contribution in [1.82, 2.24) is 0 Å². The van der Waals surface area contributed by atoms with E-state index in [1.807, 2.05) is 79.7 Å². The van der Waals surface area contributed by atoms with E-state index in [0.29, 0.717) is 24.2 Å². The Morgan fingerprint density at radius 2 is 1.69 bits per heavy atom.